The molecule has 2 aliphatic rings. The van der Waals surface area contributed by atoms with Crippen LogP contribution in [0.4, 0.5) is 0 Å². The van der Waals surface area contributed by atoms with Gasteiger partial charge in [-0.3, -0.25) is 4.90 Å². The minimum absolute atomic E-state index is 0.121. The van der Waals surface area contributed by atoms with Crippen molar-refractivity contribution in [2.45, 2.75) is 12.5 Å². The molecule has 0 radical (unpaired) electrons. The Morgan fingerprint density at radius 1 is 1.15 bits per heavy atom. The third kappa shape index (κ3) is 2.81. The number of ether oxygens (including phenoxy) is 1. The summed E-state index contributed by atoms with van der Waals surface area (Å²) in [5, 5.41) is 10.2. The van der Waals surface area contributed by atoms with Crippen molar-refractivity contribution >= 4 is 0 Å². The molecule has 0 bridgehead atoms. The molecule has 1 saturated heterocycles. The van der Waals surface area contributed by atoms with Crippen LogP contribution in [0, 0.1) is 5.41 Å². The highest BCUT2D eigenvalue weighted by Gasteiger charge is 2.50. The van der Waals surface area contributed by atoms with E-state index < -0.39 is 0 Å². The lowest BCUT2D eigenvalue weighted by atomic mass is 9.74. The molecule has 0 aliphatic carbocycles. The summed E-state index contributed by atoms with van der Waals surface area (Å²) in [6.07, 6.45) is 5.32. The number of hydrogen-bond acceptors (Lipinski definition) is 6. The third-order valence-electron chi connectivity index (χ3n) is 5.70. The van der Waals surface area contributed by atoms with Crippen LogP contribution in [-0.2, 0) is 6.54 Å². The van der Waals surface area contributed by atoms with Crippen LogP contribution in [0.1, 0.15) is 17.0 Å². The standard InChI is InChI=1S/C21H21N3O3/c25-13-21-12-24(11-17(21)16-4-1-2-5-18(16)27-14-21)10-15-8-22-20(23-9-15)19-6-3-7-26-19/h1-9,17,25H,10-14H2/t17-,21-/m0/s1. The van der Waals surface area contributed by atoms with Gasteiger partial charge in [-0.15, -0.1) is 0 Å². The van der Waals surface area contributed by atoms with Crippen molar-refractivity contribution in [3.8, 4) is 17.3 Å². The first kappa shape index (κ1) is 16.5. The number of fused-ring (bicyclic) bond motifs is 3. The molecule has 2 aliphatic heterocycles. The largest absolute Gasteiger partial charge is 0.493 e. The fraction of sp³-hybridized carbons (Fsp3) is 0.333. The monoisotopic (exact) mass is 363 g/mol. The second-order valence-electron chi connectivity index (χ2n) is 7.46. The average molecular weight is 363 g/mol. The number of aliphatic hydroxyl groups excluding tert-OH is 1. The predicted molar refractivity (Wildman–Crippen MR) is 99.2 cm³/mol. The summed E-state index contributed by atoms with van der Waals surface area (Å²) < 4.78 is 11.3. The van der Waals surface area contributed by atoms with Crippen molar-refractivity contribution in [3.05, 3.63) is 66.2 Å². The molecule has 2 aromatic heterocycles. The molecule has 0 saturated carbocycles. The van der Waals surface area contributed by atoms with E-state index in [4.69, 9.17) is 9.15 Å². The van der Waals surface area contributed by atoms with E-state index in [0.29, 0.717) is 18.2 Å². The summed E-state index contributed by atoms with van der Waals surface area (Å²) in [4.78, 5) is 11.2. The van der Waals surface area contributed by atoms with Crippen molar-refractivity contribution in [1.82, 2.24) is 14.9 Å². The fourth-order valence-electron chi connectivity index (χ4n) is 4.32. The van der Waals surface area contributed by atoms with Crippen molar-refractivity contribution < 1.29 is 14.3 Å². The quantitative estimate of drug-likeness (QED) is 0.768. The number of nitrogens with zero attached hydrogens (tertiary/aromatic N) is 3. The molecule has 1 aromatic carbocycles. The van der Waals surface area contributed by atoms with Gasteiger partial charge in [0.15, 0.2) is 11.6 Å². The van der Waals surface area contributed by atoms with Gasteiger partial charge in [0.1, 0.15) is 5.75 Å². The molecule has 0 amide bonds. The number of rotatable bonds is 4. The number of aromatic nitrogens is 2. The van der Waals surface area contributed by atoms with Gasteiger partial charge in [0.2, 0.25) is 0 Å². The first-order chi connectivity index (χ1) is 13.3. The van der Waals surface area contributed by atoms with Crippen LogP contribution < -0.4 is 4.74 Å². The highest BCUT2D eigenvalue weighted by Crippen LogP contribution is 2.49. The maximum atomic E-state index is 10.2. The number of aliphatic hydroxyl groups is 1. The molecular formula is C21H21N3O3. The van der Waals surface area contributed by atoms with Crippen LogP contribution in [0.25, 0.3) is 11.6 Å². The van der Waals surface area contributed by atoms with Crippen LogP contribution in [0.2, 0.25) is 0 Å². The number of para-hydroxylation sites is 1. The average Bonchev–Trinajstić information content (AvgIpc) is 3.37. The van der Waals surface area contributed by atoms with Crippen LogP contribution in [0.5, 0.6) is 5.75 Å². The SMILES string of the molecule is OC[C@@]12COc3ccccc3[C@@H]1CN(Cc1cnc(-c3ccco3)nc1)C2. The van der Waals surface area contributed by atoms with E-state index in [9.17, 15) is 5.11 Å². The second-order valence-corrected chi connectivity index (χ2v) is 7.46. The number of hydrogen-bond donors (Lipinski definition) is 1. The fourth-order valence-corrected chi connectivity index (χ4v) is 4.32. The Bertz CT molecular complexity index is 926. The van der Waals surface area contributed by atoms with Crippen LogP contribution in [0.3, 0.4) is 0 Å². The maximum absolute atomic E-state index is 10.2. The van der Waals surface area contributed by atoms with Crippen molar-refractivity contribution in [2.24, 2.45) is 5.41 Å². The predicted octanol–water partition coefficient (Wildman–Crippen LogP) is 2.71. The van der Waals surface area contributed by atoms with Gasteiger partial charge in [-0.1, -0.05) is 18.2 Å². The molecule has 1 fully saturated rings. The van der Waals surface area contributed by atoms with Gasteiger partial charge in [0, 0.05) is 48.9 Å². The van der Waals surface area contributed by atoms with Gasteiger partial charge in [-0.25, -0.2) is 9.97 Å². The molecular weight excluding hydrogens is 342 g/mol. The summed E-state index contributed by atoms with van der Waals surface area (Å²) in [6.45, 7) is 3.11. The summed E-state index contributed by atoms with van der Waals surface area (Å²) in [7, 11) is 0. The zero-order valence-corrected chi connectivity index (χ0v) is 14.9. The smallest absolute Gasteiger partial charge is 0.195 e. The molecule has 3 aromatic rings. The Morgan fingerprint density at radius 3 is 2.78 bits per heavy atom. The molecule has 1 N–H and O–H groups in total. The normalized spacial score (nSPS) is 24.3. The Morgan fingerprint density at radius 2 is 2.00 bits per heavy atom. The lowest BCUT2D eigenvalue weighted by Gasteiger charge is -2.38. The van der Waals surface area contributed by atoms with E-state index in [1.54, 1.807) is 6.26 Å². The Hall–Kier alpha value is -2.70. The molecule has 138 valence electrons. The van der Waals surface area contributed by atoms with Gasteiger partial charge < -0.3 is 14.3 Å². The number of benzene rings is 1. The van der Waals surface area contributed by atoms with Gasteiger partial charge >= 0.3 is 0 Å². The molecule has 2 atom stereocenters. The van der Waals surface area contributed by atoms with Crippen molar-refractivity contribution in [3.63, 3.8) is 0 Å². The van der Waals surface area contributed by atoms with Crippen molar-refractivity contribution in [1.29, 1.82) is 0 Å². The first-order valence-electron chi connectivity index (χ1n) is 9.17. The lowest BCUT2D eigenvalue weighted by Crippen LogP contribution is -2.42. The number of likely N-dealkylation sites (tertiary alicyclic amines) is 1. The summed E-state index contributed by atoms with van der Waals surface area (Å²) in [5.41, 5.74) is 2.00. The first-order valence-corrected chi connectivity index (χ1v) is 9.17. The minimum atomic E-state index is -0.247. The van der Waals surface area contributed by atoms with E-state index >= 15 is 0 Å². The summed E-state index contributed by atoms with van der Waals surface area (Å²) >= 11 is 0. The van der Waals surface area contributed by atoms with E-state index in [1.165, 1.54) is 5.56 Å². The Labute approximate surface area is 157 Å². The molecule has 0 unspecified atom stereocenters. The van der Waals surface area contributed by atoms with Gasteiger partial charge in [-0.2, -0.15) is 0 Å². The zero-order valence-electron chi connectivity index (χ0n) is 14.9. The minimum Gasteiger partial charge on any atom is -0.493 e. The summed E-state index contributed by atoms with van der Waals surface area (Å²) in [5.74, 6) is 2.48. The molecule has 27 heavy (non-hydrogen) atoms. The van der Waals surface area contributed by atoms with Crippen LogP contribution in [-0.4, -0.2) is 46.3 Å². The zero-order chi connectivity index (χ0) is 18.3. The van der Waals surface area contributed by atoms with E-state index in [-0.39, 0.29) is 17.9 Å². The lowest BCUT2D eigenvalue weighted by molar-refractivity contribution is 0.0457. The molecule has 6 nitrogen and oxygen atoms in total. The van der Waals surface area contributed by atoms with Crippen molar-refractivity contribution in [2.75, 3.05) is 26.3 Å². The van der Waals surface area contributed by atoms with Gasteiger partial charge in [0.05, 0.1) is 19.5 Å². The molecule has 4 heterocycles. The highest BCUT2D eigenvalue weighted by atomic mass is 16.5. The third-order valence-corrected chi connectivity index (χ3v) is 5.70. The van der Waals surface area contributed by atoms with Crippen LogP contribution in [0.15, 0.2) is 59.5 Å². The maximum Gasteiger partial charge on any atom is 0.195 e. The molecule has 0 spiro atoms. The highest BCUT2D eigenvalue weighted by molar-refractivity contribution is 5.45. The summed E-state index contributed by atoms with van der Waals surface area (Å²) in [6, 6.07) is 11.8. The van der Waals surface area contributed by atoms with Crippen LogP contribution >= 0.6 is 0 Å². The molecule has 5 rings (SSSR count). The van der Waals surface area contributed by atoms with E-state index in [2.05, 4.69) is 20.9 Å². The second kappa shape index (κ2) is 6.48. The van der Waals surface area contributed by atoms with Gasteiger partial charge in [-0.05, 0) is 23.8 Å². The number of furan rings is 1. The molecule has 6 heteroatoms. The van der Waals surface area contributed by atoms with E-state index in [0.717, 1.165) is 30.9 Å². The Balaban J connectivity index is 1.35. The van der Waals surface area contributed by atoms with Gasteiger partial charge in [0.25, 0.3) is 0 Å². The topological polar surface area (TPSA) is 71.6 Å². The van der Waals surface area contributed by atoms with E-state index in [1.807, 2.05) is 42.7 Å². The Kier molecular flexibility index (Phi) is 3.95.